The quantitative estimate of drug-likeness (QED) is 0.437. The highest BCUT2D eigenvalue weighted by Gasteiger charge is 2.17. The Kier molecular flexibility index (Phi) is 4.07. The molecule has 9 heteroatoms. The van der Waals surface area contributed by atoms with Crippen LogP contribution in [0, 0.1) is 0 Å². The fourth-order valence-corrected chi connectivity index (χ4v) is 3.77. The van der Waals surface area contributed by atoms with Crippen molar-refractivity contribution in [2.24, 2.45) is 0 Å². The molecule has 0 saturated heterocycles. The molecule has 0 unspecified atom stereocenters. The standard InChI is InChI=1S/C23H17N5O4/c1-30-16-5-3-15(4-6-16)27-9-8-18-17(22(27)29)13-24-23-25-21(26-28(18)23)14-2-7-19-20(12-14)32-11-10-31-19/h2-9,12-13H,10-11H2,1H3. The third kappa shape index (κ3) is 2.86. The van der Waals surface area contributed by atoms with Gasteiger partial charge in [0.25, 0.3) is 11.3 Å². The molecule has 5 aromatic rings. The molecule has 0 bridgehead atoms. The molecule has 6 rings (SSSR count). The number of benzene rings is 2. The number of rotatable bonds is 3. The molecule has 0 saturated carbocycles. The Morgan fingerprint density at radius 1 is 1.00 bits per heavy atom. The van der Waals surface area contributed by atoms with Crippen LogP contribution in [-0.2, 0) is 0 Å². The maximum atomic E-state index is 13.2. The van der Waals surface area contributed by atoms with Crippen molar-refractivity contribution in [1.29, 1.82) is 0 Å². The van der Waals surface area contributed by atoms with Gasteiger partial charge in [0.05, 0.1) is 18.0 Å². The lowest BCUT2D eigenvalue weighted by molar-refractivity contribution is 0.171. The summed E-state index contributed by atoms with van der Waals surface area (Å²) in [5.41, 5.74) is 1.94. The van der Waals surface area contributed by atoms with Gasteiger partial charge in [0, 0.05) is 23.6 Å². The third-order valence-corrected chi connectivity index (χ3v) is 5.38. The van der Waals surface area contributed by atoms with Crippen LogP contribution >= 0.6 is 0 Å². The van der Waals surface area contributed by atoms with Crippen LogP contribution in [0.2, 0.25) is 0 Å². The molecule has 0 aliphatic carbocycles. The number of hydrogen-bond acceptors (Lipinski definition) is 7. The lowest BCUT2D eigenvalue weighted by Crippen LogP contribution is -2.18. The number of nitrogens with zero attached hydrogens (tertiary/aromatic N) is 5. The Morgan fingerprint density at radius 2 is 1.81 bits per heavy atom. The first-order chi connectivity index (χ1) is 15.7. The second-order valence-electron chi connectivity index (χ2n) is 7.25. The van der Waals surface area contributed by atoms with Crippen LogP contribution in [0.4, 0.5) is 0 Å². The van der Waals surface area contributed by atoms with Gasteiger partial charge in [0.15, 0.2) is 17.3 Å². The Bertz CT molecular complexity index is 1540. The van der Waals surface area contributed by atoms with Crippen molar-refractivity contribution in [3.05, 3.63) is 71.3 Å². The number of aromatic nitrogens is 5. The fraction of sp³-hybridized carbons (Fsp3) is 0.130. The summed E-state index contributed by atoms with van der Waals surface area (Å²) in [5.74, 6) is 2.98. The van der Waals surface area contributed by atoms with Crippen molar-refractivity contribution in [2.45, 2.75) is 0 Å². The van der Waals surface area contributed by atoms with Crippen molar-refractivity contribution in [3.63, 3.8) is 0 Å². The van der Waals surface area contributed by atoms with Gasteiger partial charge in [-0.15, -0.1) is 5.10 Å². The van der Waals surface area contributed by atoms with Crippen LogP contribution in [0.3, 0.4) is 0 Å². The van der Waals surface area contributed by atoms with Crippen LogP contribution < -0.4 is 19.8 Å². The van der Waals surface area contributed by atoms with Crippen molar-refractivity contribution in [2.75, 3.05) is 20.3 Å². The first-order valence-corrected chi connectivity index (χ1v) is 10.0. The molecule has 0 N–H and O–H groups in total. The van der Waals surface area contributed by atoms with Gasteiger partial charge >= 0.3 is 0 Å². The van der Waals surface area contributed by atoms with Crippen LogP contribution in [0.15, 0.2) is 65.7 Å². The van der Waals surface area contributed by atoms with E-state index in [1.165, 1.54) is 6.20 Å². The van der Waals surface area contributed by atoms with Gasteiger partial charge in [-0.3, -0.25) is 9.36 Å². The predicted molar refractivity (Wildman–Crippen MR) is 117 cm³/mol. The molecule has 1 aliphatic rings. The van der Waals surface area contributed by atoms with Crippen molar-refractivity contribution in [3.8, 4) is 34.3 Å². The van der Waals surface area contributed by atoms with Gasteiger partial charge in [-0.2, -0.15) is 9.50 Å². The second-order valence-corrected chi connectivity index (χ2v) is 7.25. The summed E-state index contributed by atoms with van der Waals surface area (Å²) in [6.07, 6.45) is 3.26. The highest BCUT2D eigenvalue weighted by Crippen LogP contribution is 2.33. The first-order valence-electron chi connectivity index (χ1n) is 10.0. The molecule has 0 radical (unpaired) electrons. The Balaban J connectivity index is 1.46. The molecule has 3 aromatic heterocycles. The summed E-state index contributed by atoms with van der Waals surface area (Å²) in [6, 6.07) is 14.7. The minimum atomic E-state index is -0.196. The Hall–Kier alpha value is -4.40. The first kappa shape index (κ1) is 18.4. The van der Waals surface area contributed by atoms with Gasteiger partial charge < -0.3 is 14.2 Å². The van der Waals surface area contributed by atoms with E-state index in [-0.39, 0.29) is 5.56 Å². The molecular formula is C23H17N5O4. The van der Waals surface area contributed by atoms with E-state index in [1.807, 2.05) is 48.5 Å². The topological polar surface area (TPSA) is 92.8 Å². The van der Waals surface area contributed by atoms with Crippen LogP contribution in [-0.4, -0.2) is 44.5 Å². The van der Waals surface area contributed by atoms with E-state index >= 15 is 0 Å². The number of ether oxygens (including phenoxy) is 3. The average molecular weight is 427 g/mol. The lowest BCUT2D eigenvalue weighted by atomic mass is 10.2. The second kappa shape index (κ2) is 7.09. The van der Waals surface area contributed by atoms with E-state index in [2.05, 4.69) is 15.1 Å². The van der Waals surface area contributed by atoms with E-state index in [1.54, 1.807) is 22.4 Å². The van der Waals surface area contributed by atoms with Gasteiger partial charge in [-0.05, 0) is 48.5 Å². The minimum Gasteiger partial charge on any atom is -0.497 e. The summed E-state index contributed by atoms with van der Waals surface area (Å²) >= 11 is 0. The zero-order valence-electron chi connectivity index (χ0n) is 17.1. The number of methoxy groups -OCH3 is 1. The number of fused-ring (bicyclic) bond motifs is 4. The zero-order chi connectivity index (χ0) is 21.7. The number of pyridine rings is 1. The monoisotopic (exact) mass is 427 g/mol. The third-order valence-electron chi connectivity index (χ3n) is 5.38. The van der Waals surface area contributed by atoms with E-state index in [4.69, 9.17) is 14.2 Å². The van der Waals surface area contributed by atoms with Gasteiger partial charge in [0.2, 0.25) is 0 Å². The highest BCUT2D eigenvalue weighted by atomic mass is 16.6. The normalized spacial score (nSPS) is 12.9. The molecule has 4 heterocycles. The summed E-state index contributed by atoms with van der Waals surface area (Å²) in [5, 5.41) is 5.05. The van der Waals surface area contributed by atoms with E-state index in [0.29, 0.717) is 47.2 Å². The summed E-state index contributed by atoms with van der Waals surface area (Å²) in [6.45, 7) is 1.03. The molecule has 158 valence electrons. The summed E-state index contributed by atoms with van der Waals surface area (Å²) in [7, 11) is 1.60. The van der Waals surface area contributed by atoms with E-state index < -0.39 is 0 Å². The van der Waals surface area contributed by atoms with Gasteiger partial charge in [-0.25, -0.2) is 4.98 Å². The van der Waals surface area contributed by atoms with E-state index in [0.717, 1.165) is 17.0 Å². The maximum absolute atomic E-state index is 13.2. The van der Waals surface area contributed by atoms with Crippen LogP contribution in [0.1, 0.15) is 0 Å². The SMILES string of the molecule is COc1ccc(-n2ccc3c(cnc4nc(-c5ccc6c(c5)OCCO6)nn43)c2=O)cc1. The molecule has 0 amide bonds. The van der Waals surface area contributed by atoms with Gasteiger partial charge in [0.1, 0.15) is 19.0 Å². The smallest absolute Gasteiger partial charge is 0.266 e. The molecule has 0 fully saturated rings. The zero-order valence-corrected chi connectivity index (χ0v) is 17.1. The molecule has 32 heavy (non-hydrogen) atoms. The van der Waals surface area contributed by atoms with Gasteiger partial charge in [-0.1, -0.05) is 0 Å². The maximum Gasteiger partial charge on any atom is 0.266 e. The van der Waals surface area contributed by atoms with Crippen molar-refractivity contribution >= 4 is 16.7 Å². The largest absolute Gasteiger partial charge is 0.497 e. The molecule has 2 aromatic carbocycles. The predicted octanol–water partition coefficient (Wildman–Crippen LogP) is 2.88. The van der Waals surface area contributed by atoms with Crippen molar-refractivity contribution < 1.29 is 14.2 Å². The number of hydrogen-bond donors (Lipinski definition) is 0. The summed E-state index contributed by atoms with van der Waals surface area (Å²) < 4.78 is 19.6. The Labute approximate surface area is 181 Å². The average Bonchev–Trinajstić information content (AvgIpc) is 3.29. The molecular weight excluding hydrogens is 410 g/mol. The molecule has 1 aliphatic heterocycles. The Morgan fingerprint density at radius 3 is 2.62 bits per heavy atom. The molecule has 0 atom stereocenters. The van der Waals surface area contributed by atoms with E-state index in [9.17, 15) is 4.79 Å². The minimum absolute atomic E-state index is 0.196. The van der Waals surface area contributed by atoms with Crippen LogP contribution in [0.5, 0.6) is 17.2 Å². The highest BCUT2D eigenvalue weighted by molar-refractivity contribution is 5.79. The molecule has 0 spiro atoms. The van der Waals surface area contributed by atoms with Crippen LogP contribution in [0.25, 0.3) is 33.8 Å². The van der Waals surface area contributed by atoms with Crippen molar-refractivity contribution in [1.82, 2.24) is 24.1 Å². The fourth-order valence-electron chi connectivity index (χ4n) is 3.77. The molecule has 9 nitrogen and oxygen atoms in total. The lowest BCUT2D eigenvalue weighted by Gasteiger charge is -2.18. The summed E-state index contributed by atoms with van der Waals surface area (Å²) in [4.78, 5) is 22.1.